The van der Waals surface area contributed by atoms with Gasteiger partial charge in [0.05, 0.1) is 5.92 Å². The maximum absolute atomic E-state index is 6.02. The summed E-state index contributed by atoms with van der Waals surface area (Å²) in [5.41, 5.74) is 7.70. The first-order chi connectivity index (χ1) is 8.74. The molecule has 2 aromatic heterocycles. The van der Waals surface area contributed by atoms with Crippen LogP contribution < -0.4 is 5.73 Å². The van der Waals surface area contributed by atoms with Crippen LogP contribution in [-0.4, -0.2) is 32.7 Å². The Morgan fingerprint density at radius 2 is 2.22 bits per heavy atom. The van der Waals surface area contributed by atoms with Crippen LogP contribution in [0.15, 0.2) is 22.7 Å². The topological polar surface area (TPSA) is 77.8 Å². The summed E-state index contributed by atoms with van der Waals surface area (Å²) in [6, 6.07) is 5.86. The van der Waals surface area contributed by atoms with Gasteiger partial charge < -0.3 is 10.3 Å². The van der Waals surface area contributed by atoms with Crippen LogP contribution in [0.3, 0.4) is 0 Å². The fraction of sp³-hybridized carbons (Fsp3) is 0.417. The molecule has 6 heteroatoms. The quantitative estimate of drug-likeness (QED) is 0.885. The van der Waals surface area contributed by atoms with E-state index >= 15 is 0 Å². The van der Waals surface area contributed by atoms with Crippen molar-refractivity contribution in [2.24, 2.45) is 5.73 Å². The second-order valence-electron chi connectivity index (χ2n) is 4.43. The zero-order chi connectivity index (χ0) is 12.5. The second-order valence-corrected chi connectivity index (χ2v) is 5.50. The Morgan fingerprint density at radius 1 is 1.33 bits per heavy atom. The highest BCUT2D eigenvalue weighted by molar-refractivity contribution is 7.99. The number of hydrogen-bond donors (Lipinski definition) is 1. The Hall–Kier alpha value is -1.40. The number of hydrogen-bond acceptors (Lipinski definition) is 6. The molecule has 18 heavy (non-hydrogen) atoms. The van der Waals surface area contributed by atoms with Gasteiger partial charge in [-0.3, -0.25) is 0 Å². The number of thioether (sulfide) groups is 1. The summed E-state index contributed by atoms with van der Waals surface area (Å²) >= 11 is 1.82. The van der Waals surface area contributed by atoms with Gasteiger partial charge in [-0.15, -0.1) is 0 Å². The first kappa shape index (κ1) is 11.7. The summed E-state index contributed by atoms with van der Waals surface area (Å²) in [5.74, 6) is 3.24. The molecule has 2 aromatic rings. The van der Waals surface area contributed by atoms with Crippen molar-refractivity contribution in [1.29, 1.82) is 0 Å². The molecule has 3 heterocycles. The molecule has 1 aliphatic heterocycles. The predicted octanol–water partition coefficient (Wildman–Crippen LogP) is 1.60. The molecule has 0 amide bonds. The smallest absolute Gasteiger partial charge is 0.232 e. The summed E-state index contributed by atoms with van der Waals surface area (Å²) in [7, 11) is 0. The molecule has 0 aliphatic carbocycles. The number of pyridine rings is 1. The van der Waals surface area contributed by atoms with Crippen LogP contribution in [0.2, 0.25) is 0 Å². The lowest BCUT2D eigenvalue weighted by Gasteiger charge is -2.07. The molecule has 2 atom stereocenters. The van der Waals surface area contributed by atoms with E-state index in [0.29, 0.717) is 11.7 Å². The molecule has 0 radical (unpaired) electrons. The van der Waals surface area contributed by atoms with Crippen molar-refractivity contribution < 1.29 is 4.52 Å². The van der Waals surface area contributed by atoms with Gasteiger partial charge in [0.15, 0.2) is 0 Å². The van der Waals surface area contributed by atoms with E-state index in [1.165, 1.54) is 0 Å². The summed E-state index contributed by atoms with van der Waals surface area (Å²) in [4.78, 5) is 8.80. The summed E-state index contributed by atoms with van der Waals surface area (Å²) in [6.45, 7) is 1.94. The minimum Gasteiger partial charge on any atom is -0.339 e. The Labute approximate surface area is 109 Å². The van der Waals surface area contributed by atoms with Gasteiger partial charge in [-0.1, -0.05) is 11.2 Å². The van der Waals surface area contributed by atoms with Crippen molar-refractivity contribution in [3.63, 3.8) is 0 Å². The number of nitrogens with two attached hydrogens (primary N) is 1. The molecular formula is C12H14N4OS. The third-order valence-electron chi connectivity index (χ3n) is 3.00. The molecule has 0 spiro atoms. The Bertz CT molecular complexity index is 557. The molecule has 1 saturated heterocycles. The first-order valence-corrected chi connectivity index (χ1v) is 7.00. The third kappa shape index (κ3) is 2.13. The monoisotopic (exact) mass is 262 g/mol. The molecule has 0 bridgehead atoms. The zero-order valence-electron chi connectivity index (χ0n) is 10.0. The number of aromatic nitrogens is 3. The molecule has 94 valence electrons. The van der Waals surface area contributed by atoms with Crippen LogP contribution in [0.4, 0.5) is 0 Å². The van der Waals surface area contributed by atoms with E-state index < -0.39 is 0 Å². The largest absolute Gasteiger partial charge is 0.339 e. The summed E-state index contributed by atoms with van der Waals surface area (Å²) in [5, 5.41) is 3.99. The van der Waals surface area contributed by atoms with Gasteiger partial charge in [-0.05, 0) is 19.1 Å². The molecule has 1 fully saturated rings. The first-order valence-electron chi connectivity index (χ1n) is 5.85. The van der Waals surface area contributed by atoms with Gasteiger partial charge in [-0.25, -0.2) is 4.98 Å². The lowest BCUT2D eigenvalue weighted by atomic mass is 10.1. The minimum atomic E-state index is 0.105. The highest BCUT2D eigenvalue weighted by Crippen LogP contribution is 2.31. The van der Waals surface area contributed by atoms with Crippen LogP contribution in [0.25, 0.3) is 11.5 Å². The van der Waals surface area contributed by atoms with Gasteiger partial charge in [0, 0.05) is 23.2 Å². The fourth-order valence-corrected chi connectivity index (χ4v) is 3.27. The Morgan fingerprint density at radius 3 is 2.94 bits per heavy atom. The third-order valence-corrected chi connectivity index (χ3v) is 4.22. The van der Waals surface area contributed by atoms with Crippen molar-refractivity contribution in [3.05, 3.63) is 29.8 Å². The molecule has 2 N–H and O–H groups in total. The van der Waals surface area contributed by atoms with Gasteiger partial charge in [-0.2, -0.15) is 16.7 Å². The van der Waals surface area contributed by atoms with Crippen LogP contribution in [0.1, 0.15) is 17.5 Å². The van der Waals surface area contributed by atoms with Crippen molar-refractivity contribution in [2.75, 3.05) is 11.5 Å². The minimum absolute atomic E-state index is 0.105. The van der Waals surface area contributed by atoms with Gasteiger partial charge >= 0.3 is 0 Å². The molecule has 3 rings (SSSR count). The van der Waals surface area contributed by atoms with E-state index in [1.807, 2.05) is 36.9 Å². The summed E-state index contributed by atoms with van der Waals surface area (Å²) < 4.78 is 5.32. The van der Waals surface area contributed by atoms with Crippen LogP contribution in [0.5, 0.6) is 0 Å². The lowest BCUT2D eigenvalue weighted by molar-refractivity contribution is 0.352. The van der Waals surface area contributed by atoms with Gasteiger partial charge in [0.25, 0.3) is 0 Å². The van der Waals surface area contributed by atoms with E-state index in [9.17, 15) is 0 Å². The SMILES string of the molecule is Cc1cccc(-c2noc(C3CSCC3N)n2)n1. The Balaban J connectivity index is 1.89. The molecular weight excluding hydrogens is 248 g/mol. The highest BCUT2D eigenvalue weighted by Gasteiger charge is 2.31. The average molecular weight is 262 g/mol. The van der Waals surface area contributed by atoms with E-state index in [-0.39, 0.29) is 12.0 Å². The average Bonchev–Trinajstić information content (AvgIpc) is 2.97. The lowest BCUT2D eigenvalue weighted by Crippen LogP contribution is -2.26. The van der Waals surface area contributed by atoms with Crippen molar-refractivity contribution in [2.45, 2.75) is 18.9 Å². The maximum Gasteiger partial charge on any atom is 0.232 e. The Kier molecular flexibility index (Phi) is 3.05. The van der Waals surface area contributed by atoms with Gasteiger partial charge in [0.2, 0.25) is 11.7 Å². The van der Waals surface area contributed by atoms with Crippen LogP contribution >= 0.6 is 11.8 Å². The molecule has 0 saturated carbocycles. The van der Waals surface area contributed by atoms with Crippen molar-refractivity contribution in [3.8, 4) is 11.5 Å². The molecule has 5 nitrogen and oxygen atoms in total. The summed E-state index contributed by atoms with van der Waals surface area (Å²) in [6.07, 6.45) is 0. The van der Waals surface area contributed by atoms with Crippen LogP contribution in [0, 0.1) is 6.92 Å². The predicted molar refractivity (Wildman–Crippen MR) is 70.3 cm³/mol. The van der Waals surface area contributed by atoms with Crippen molar-refractivity contribution >= 4 is 11.8 Å². The number of aryl methyl sites for hydroxylation is 1. The fourth-order valence-electron chi connectivity index (χ4n) is 1.98. The standard InChI is InChI=1S/C12H14N4OS/c1-7-3-2-4-10(14-7)11-15-12(17-16-11)8-5-18-6-9(8)13/h2-4,8-9H,5-6,13H2,1H3. The van der Waals surface area contributed by atoms with E-state index in [4.69, 9.17) is 10.3 Å². The second kappa shape index (κ2) is 4.70. The maximum atomic E-state index is 6.02. The molecule has 2 unspecified atom stereocenters. The normalized spacial score (nSPS) is 23.4. The zero-order valence-corrected chi connectivity index (χ0v) is 10.9. The number of nitrogens with zero attached hydrogens (tertiary/aromatic N) is 3. The van der Waals surface area contributed by atoms with E-state index in [0.717, 1.165) is 22.9 Å². The van der Waals surface area contributed by atoms with E-state index in [2.05, 4.69) is 15.1 Å². The molecule has 0 aromatic carbocycles. The van der Waals surface area contributed by atoms with Crippen molar-refractivity contribution in [1.82, 2.24) is 15.1 Å². The van der Waals surface area contributed by atoms with Crippen LogP contribution in [-0.2, 0) is 0 Å². The number of rotatable bonds is 2. The molecule has 1 aliphatic rings. The van der Waals surface area contributed by atoms with Gasteiger partial charge in [0.1, 0.15) is 5.69 Å². The highest BCUT2D eigenvalue weighted by atomic mass is 32.2. The van der Waals surface area contributed by atoms with E-state index in [1.54, 1.807) is 0 Å².